The van der Waals surface area contributed by atoms with Crippen molar-refractivity contribution < 1.29 is 19.0 Å². The molecule has 0 bridgehead atoms. The summed E-state index contributed by atoms with van der Waals surface area (Å²) in [6, 6.07) is 8.77. The van der Waals surface area contributed by atoms with Gasteiger partial charge in [0.05, 0.1) is 11.6 Å². The van der Waals surface area contributed by atoms with Crippen LogP contribution in [0.2, 0.25) is 0 Å². The highest BCUT2D eigenvalue weighted by atomic mass is 19.1. The molecule has 0 aliphatic rings. The lowest BCUT2D eigenvalue weighted by Gasteiger charge is -2.08. The van der Waals surface area contributed by atoms with Gasteiger partial charge in [-0.1, -0.05) is 0 Å². The van der Waals surface area contributed by atoms with Crippen molar-refractivity contribution in [2.24, 2.45) is 0 Å². The maximum absolute atomic E-state index is 13.8. The van der Waals surface area contributed by atoms with E-state index in [1.165, 1.54) is 24.4 Å². The van der Waals surface area contributed by atoms with E-state index in [0.717, 1.165) is 12.1 Å². The number of carbonyl (C=O) groups is 1. The van der Waals surface area contributed by atoms with E-state index >= 15 is 0 Å². The normalized spacial score (nSPS) is 10.3. The molecule has 5 nitrogen and oxygen atoms in total. The van der Waals surface area contributed by atoms with Crippen LogP contribution in [0.4, 0.5) is 4.39 Å². The molecule has 104 valence electrons. The number of nitrogens with zero attached hydrogens (tertiary/aromatic N) is 2. The Balaban J connectivity index is 2.32. The monoisotopic (exact) mass is 284 g/mol. The smallest absolute Gasteiger partial charge is 0.328 e. The number of hydrogen-bond acceptors (Lipinski definition) is 4. The second kappa shape index (κ2) is 6.30. The van der Waals surface area contributed by atoms with Gasteiger partial charge in [-0.3, -0.25) is 0 Å². The highest BCUT2D eigenvalue weighted by molar-refractivity contribution is 5.85. The van der Waals surface area contributed by atoms with Gasteiger partial charge in [0.1, 0.15) is 0 Å². The zero-order valence-corrected chi connectivity index (χ0v) is 10.7. The van der Waals surface area contributed by atoms with Crippen molar-refractivity contribution in [3.05, 3.63) is 59.5 Å². The average molecular weight is 284 g/mol. The van der Waals surface area contributed by atoms with Crippen molar-refractivity contribution in [2.45, 2.75) is 0 Å². The molecule has 2 aromatic rings. The molecule has 0 amide bonds. The zero-order chi connectivity index (χ0) is 15.2. The molecular weight excluding hydrogens is 275 g/mol. The van der Waals surface area contributed by atoms with Crippen molar-refractivity contribution in [2.75, 3.05) is 0 Å². The molecule has 6 heteroatoms. The number of benzene rings is 1. The van der Waals surface area contributed by atoms with Crippen molar-refractivity contribution in [3.8, 4) is 17.7 Å². The van der Waals surface area contributed by atoms with E-state index in [1.807, 2.05) is 6.07 Å². The van der Waals surface area contributed by atoms with Gasteiger partial charge in [0, 0.05) is 17.8 Å². The molecule has 0 atom stereocenters. The first-order valence-electron chi connectivity index (χ1n) is 5.83. The Morgan fingerprint density at radius 2 is 2.24 bits per heavy atom. The molecule has 0 fully saturated rings. The summed E-state index contributed by atoms with van der Waals surface area (Å²) < 4.78 is 19.1. The van der Waals surface area contributed by atoms with E-state index in [4.69, 9.17) is 15.1 Å². The summed E-state index contributed by atoms with van der Waals surface area (Å²) in [5.41, 5.74) is 0.565. The van der Waals surface area contributed by atoms with E-state index < -0.39 is 11.8 Å². The number of aromatic nitrogens is 1. The molecule has 1 aromatic carbocycles. The predicted octanol–water partition coefficient (Wildman–Crippen LogP) is 2.98. The first-order valence-corrected chi connectivity index (χ1v) is 5.83. The lowest BCUT2D eigenvalue weighted by atomic mass is 10.2. The molecule has 0 aliphatic carbocycles. The minimum absolute atomic E-state index is 0.0682. The third kappa shape index (κ3) is 3.64. The first-order chi connectivity index (χ1) is 10.1. The van der Waals surface area contributed by atoms with Crippen LogP contribution in [-0.2, 0) is 4.79 Å². The van der Waals surface area contributed by atoms with Gasteiger partial charge >= 0.3 is 5.97 Å². The van der Waals surface area contributed by atoms with Gasteiger partial charge < -0.3 is 9.84 Å². The van der Waals surface area contributed by atoms with Crippen LogP contribution in [0.5, 0.6) is 11.6 Å². The van der Waals surface area contributed by atoms with Gasteiger partial charge in [0.2, 0.25) is 5.88 Å². The maximum atomic E-state index is 13.8. The van der Waals surface area contributed by atoms with Crippen LogP contribution in [0.15, 0.2) is 42.6 Å². The molecule has 2 rings (SSSR count). The Kier molecular flexibility index (Phi) is 4.26. The summed E-state index contributed by atoms with van der Waals surface area (Å²) in [4.78, 5) is 14.5. The Morgan fingerprint density at radius 3 is 2.90 bits per heavy atom. The van der Waals surface area contributed by atoms with E-state index in [2.05, 4.69) is 4.98 Å². The fraction of sp³-hybridized carbons (Fsp3) is 0. The third-order valence-corrected chi connectivity index (χ3v) is 2.47. The minimum Gasteiger partial charge on any atom is -0.478 e. The maximum Gasteiger partial charge on any atom is 0.328 e. The standard InChI is InChI=1S/C15H9FN2O3/c16-12-8-10(9-17)3-5-13(12)21-15-11(2-1-7-18-15)4-6-14(19)20/h1-8H,(H,19,20)/b6-4+. The van der Waals surface area contributed by atoms with Gasteiger partial charge in [0.15, 0.2) is 11.6 Å². The van der Waals surface area contributed by atoms with E-state index in [0.29, 0.717) is 5.56 Å². The summed E-state index contributed by atoms with van der Waals surface area (Å²) in [6.45, 7) is 0. The molecule has 0 unspecified atom stereocenters. The third-order valence-electron chi connectivity index (χ3n) is 2.47. The molecule has 0 saturated carbocycles. The van der Waals surface area contributed by atoms with Gasteiger partial charge in [0.25, 0.3) is 0 Å². The second-order valence-electron chi connectivity index (χ2n) is 3.93. The molecular formula is C15H9FN2O3. The van der Waals surface area contributed by atoms with E-state index in [-0.39, 0.29) is 17.2 Å². The molecule has 1 N–H and O–H groups in total. The first kappa shape index (κ1) is 14.2. The van der Waals surface area contributed by atoms with Crippen LogP contribution in [-0.4, -0.2) is 16.1 Å². The molecule has 0 saturated heterocycles. The highest BCUT2D eigenvalue weighted by Gasteiger charge is 2.09. The number of aliphatic carboxylic acids is 1. The van der Waals surface area contributed by atoms with E-state index in [9.17, 15) is 9.18 Å². The van der Waals surface area contributed by atoms with Gasteiger partial charge in [-0.2, -0.15) is 5.26 Å². The topological polar surface area (TPSA) is 83.2 Å². The van der Waals surface area contributed by atoms with Crippen LogP contribution in [0.1, 0.15) is 11.1 Å². The van der Waals surface area contributed by atoms with Crippen molar-refractivity contribution in [3.63, 3.8) is 0 Å². The summed E-state index contributed by atoms with van der Waals surface area (Å²) in [5.74, 6) is -1.85. The van der Waals surface area contributed by atoms with Crippen LogP contribution in [0.3, 0.4) is 0 Å². The number of ether oxygens (including phenoxy) is 1. The largest absolute Gasteiger partial charge is 0.478 e. The molecule has 0 radical (unpaired) electrons. The van der Waals surface area contributed by atoms with Crippen molar-refractivity contribution in [1.29, 1.82) is 5.26 Å². The number of nitriles is 1. The number of carboxylic acids is 1. The lowest BCUT2D eigenvalue weighted by molar-refractivity contribution is -0.131. The number of pyridine rings is 1. The SMILES string of the molecule is N#Cc1ccc(Oc2ncccc2/C=C/C(=O)O)c(F)c1. The summed E-state index contributed by atoms with van der Waals surface area (Å²) in [6.07, 6.45) is 3.67. The molecule has 21 heavy (non-hydrogen) atoms. The Bertz CT molecular complexity index is 751. The molecule has 0 spiro atoms. The zero-order valence-electron chi connectivity index (χ0n) is 10.7. The van der Waals surface area contributed by atoms with Crippen LogP contribution >= 0.6 is 0 Å². The fourth-order valence-electron chi connectivity index (χ4n) is 1.53. The number of hydrogen-bond donors (Lipinski definition) is 1. The van der Waals surface area contributed by atoms with Crippen molar-refractivity contribution >= 4 is 12.0 Å². The second-order valence-corrected chi connectivity index (χ2v) is 3.93. The van der Waals surface area contributed by atoms with E-state index in [1.54, 1.807) is 12.1 Å². The van der Waals surface area contributed by atoms with Gasteiger partial charge in [-0.25, -0.2) is 14.2 Å². The summed E-state index contributed by atoms with van der Waals surface area (Å²) in [5, 5.41) is 17.3. The Morgan fingerprint density at radius 1 is 1.43 bits per heavy atom. The van der Waals surface area contributed by atoms with Crippen LogP contribution in [0, 0.1) is 17.1 Å². The van der Waals surface area contributed by atoms with Gasteiger partial charge in [-0.05, 0) is 36.4 Å². The van der Waals surface area contributed by atoms with Gasteiger partial charge in [-0.15, -0.1) is 0 Å². The Hall–Kier alpha value is -3.20. The predicted molar refractivity (Wildman–Crippen MR) is 72.1 cm³/mol. The molecule has 1 aromatic heterocycles. The number of rotatable bonds is 4. The fourth-order valence-corrected chi connectivity index (χ4v) is 1.53. The Labute approximate surface area is 119 Å². The molecule has 0 aliphatic heterocycles. The highest BCUT2D eigenvalue weighted by Crippen LogP contribution is 2.26. The summed E-state index contributed by atoms with van der Waals surface area (Å²) >= 11 is 0. The average Bonchev–Trinajstić information content (AvgIpc) is 2.48. The van der Waals surface area contributed by atoms with Crippen molar-refractivity contribution in [1.82, 2.24) is 4.98 Å². The lowest BCUT2D eigenvalue weighted by Crippen LogP contribution is -1.94. The quantitative estimate of drug-likeness (QED) is 0.872. The van der Waals surface area contributed by atoms with Crippen LogP contribution < -0.4 is 4.74 Å². The summed E-state index contributed by atoms with van der Waals surface area (Å²) in [7, 11) is 0. The molecule has 1 heterocycles. The number of carboxylic acid groups (broad SMARTS) is 1. The number of halogens is 1. The minimum atomic E-state index is -1.12. The van der Waals surface area contributed by atoms with Crippen LogP contribution in [0.25, 0.3) is 6.08 Å².